The first-order valence-corrected chi connectivity index (χ1v) is 8.11. The smallest absolute Gasteiger partial charge is 0.269 e. The van der Waals surface area contributed by atoms with Crippen molar-refractivity contribution in [3.63, 3.8) is 0 Å². The molecule has 1 unspecified atom stereocenters. The van der Waals surface area contributed by atoms with Gasteiger partial charge in [-0.1, -0.05) is 12.1 Å². The molecule has 7 nitrogen and oxygen atoms in total. The summed E-state index contributed by atoms with van der Waals surface area (Å²) >= 11 is 0. The molecular weight excluding hydrogens is 322 g/mol. The molecule has 1 saturated heterocycles. The van der Waals surface area contributed by atoms with Gasteiger partial charge in [0.15, 0.2) is 0 Å². The molecule has 1 heterocycles. The standard InChI is InChI=1S/C18H19N3O4/c22-18(17-5-2-10-25-17)20-15-4-1-3-13(11-15)12-19-14-6-8-16(9-7-14)21(23)24/h1,3-4,6-9,11,17,19H,2,5,10,12H2,(H,20,22). The first-order chi connectivity index (χ1) is 12.1. The number of amides is 1. The molecule has 0 aromatic heterocycles. The summed E-state index contributed by atoms with van der Waals surface area (Å²) in [5.41, 5.74) is 2.57. The predicted octanol–water partition coefficient (Wildman–Crippen LogP) is 3.32. The van der Waals surface area contributed by atoms with Gasteiger partial charge in [-0.3, -0.25) is 14.9 Å². The van der Waals surface area contributed by atoms with E-state index in [-0.39, 0.29) is 17.7 Å². The number of nitro groups is 1. The first kappa shape index (κ1) is 16.9. The van der Waals surface area contributed by atoms with Gasteiger partial charge in [0.25, 0.3) is 11.6 Å². The molecule has 1 aliphatic rings. The Kier molecular flexibility index (Phi) is 5.25. The average Bonchev–Trinajstić information content (AvgIpc) is 3.15. The number of carbonyl (C=O) groups excluding carboxylic acids is 1. The zero-order valence-corrected chi connectivity index (χ0v) is 13.6. The number of rotatable bonds is 6. The van der Waals surface area contributed by atoms with Crippen LogP contribution in [0.5, 0.6) is 0 Å². The largest absolute Gasteiger partial charge is 0.381 e. The second-order valence-electron chi connectivity index (χ2n) is 5.85. The van der Waals surface area contributed by atoms with Gasteiger partial charge in [-0.25, -0.2) is 0 Å². The van der Waals surface area contributed by atoms with Gasteiger partial charge >= 0.3 is 0 Å². The molecule has 3 rings (SSSR count). The normalized spacial score (nSPS) is 16.4. The van der Waals surface area contributed by atoms with E-state index in [2.05, 4.69) is 10.6 Å². The van der Waals surface area contributed by atoms with E-state index in [1.165, 1.54) is 12.1 Å². The maximum absolute atomic E-state index is 12.1. The maximum Gasteiger partial charge on any atom is 0.269 e. The topological polar surface area (TPSA) is 93.5 Å². The van der Waals surface area contributed by atoms with Crippen LogP contribution in [0.1, 0.15) is 18.4 Å². The van der Waals surface area contributed by atoms with Crippen LogP contribution >= 0.6 is 0 Å². The number of carbonyl (C=O) groups is 1. The average molecular weight is 341 g/mol. The van der Waals surface area contributed by atoms with E-state index in [4.69, 9.17) is 4.74 Å². The van der Waals surface area contributed by atoms with Crippen LogP contribution in [-0.4, -0.2) is 23.5 Å². The minimum absolute atomic E-state index is 0.0596. The van der Waals surface area contributed by atoms with Gasteiger partial charge in [-0.15, -0.1) is 0 Å². The first-order valence-electron chi connectivity index (χ1n) is 8.11. The monoisotopic (exact) mass is 341 g/mol. The lowest BCUT2D eigenvalue weighted by molar-refractivity contribution is -0.384. The second kappa shape index (κ2) is 7.76. The fourth-order valence-electron chi connectivity index (χ4n) is 2.67. The fraction of sp³-hybridized carbons (Fsp3) is 0.278. The van der Waals surface area contributed by atoms with E-state index in [1.807, 2.05) is 24.3 Å². The van der Waals surface area contributed by atoms with E-state index in [1.54, 1.807) is 12.1 Å². The Balaban J connectivity index is 1.57. The summed E-state index contributed by atoms with van der Waals surface area (Å²) in [4.78, 5) is 22.3. The highest BCUT2D eigenvalue weighted by Crippen LogP contribution is 2.18. The van der Waals surface area contributed by atoms with Gasteiger partial charge in [0, 0.05) is 36.7 Å². The lowest BCUT2D eigenvalue weighted by atomic mass is 10.1. The Morgan fingerprint density at radius 2 is 2.00 bits per heavy atom. The second-order valence-corrected chi connectivity index (χ2v) is 5.85. The number of anilines is 2. The highest BCUT2D eigenvalue weighted by atomic mass is 16.6. The van der Waals surface area contributed by atoms with Crippen LogP contribution in [0.25, 0.3) is 0 Å². The van der Waals surface area contributed by atoms with Crippen molar-refractivity contribution >= 4 is 23.0 Å². The van der Waals surface area contributed by atoms with Crippen LogP contribution in [0, 0.1) is 10.1 Å². The summed E-state index contributed by atoms with van der Waals surface area (Å²) in [7, 11) is 0. The molecule has 2 N–H and O–H groups in total. The number of non-ortho nitro benzene ring substituents is 1. The van der Waals surface area contributed by atoms with Gasteiger partial charge < -0.3 is 15.4 Å². The van der Waals surface area contributed by atoms with Crippen LogP contribution < -0.4 is 10.6 Å². The molecule has 0 spiro atoms. The Bertz CT molecular complexity index is 755. The predicted molar refractivity (Wildman–Crippen MR) is 94.5 cm³/mol. The highest BCUT2D eigenvalue weighted by molar-refractivity contribution is 5.94. The number of benzene rings is 2. The minimum Gasteiger partial charge on any atom is -0.381 e. The van der Waals surface area contributed by atoms with Crippen molar-refractivity contribution in [1.29, 1.82) is 0 Å². The maximum atomic E-state index is 12.1. The third kappa shape index (κ3) is 4.54. The summed E-state index contributed by atoms with van der Waals surface area (Å²) < 4.78 is 5.38. The Labute approximate surface area is 145 Å². The van der Waals surface area contributed by atoms with Crippen LogP contribution in [0.4, 0.5) is 17.1 Å². The molecule has 25 heavy (non-hydrogen) atoms. The molecular formula is C18H19N3O4. The zero-order valence-electron chi connectivity index (χ0n) is 13.6. The van der Waals surface area contributed by atoms with Gasteiger partial charge in [-0.05, 0) is 42.7 Å². The third-order valence-corrected chi connectivity index (χ3v) is 3.99. The number of nitrogens with zero attached hydrogens (tertiary/aromatic N) is 1. The SMILES string of the molecule is O=C(Nc1cccc(CNc2ccc([N+](=O)[O-])cc2)c1)C1CCCO1. The molecule has 0 aliphatic carbocycles. The number of hydrogen-bond acceptors (Lipinski definition) is 5. The van der Waals surface area contributed by atoms with Gasteiger partial charge in [0.05, 0.1) is 4.92 Å². The summed E-state index contributed by atoms with van der Waals surface area (Å²) in [5, 5.41) is 16.7. The number of nitro benzene ring substituents is 1. The van der Waals surface area contributed by atoms with E-state index in [0.717, 1.165) is 29.8 Å². The quantitative estimate of drug-likeness (QED) is 0.621. The van der Waals surface area contributed by atoms with Crippen LogP contribution in [0.15, 0.2) is 48.5 Å². The van der Waals surface area contributed by atoms with Crippen molar-refractivity contribution in [2.24, 2.45) is 0 Å². The third-order valence-electron chi connectivity index (χ3n) is 3.99. The van der Waals surface area contributed by atoms with Crippen LogP contribution in [0.3, 0.4) is 0 Å². The lowest BCUT2D eigenvalue weighted by Crippen LogP contribution is -2.26. The van der Waals surface area contributed by atoms with Crippen LogP contribution in [-0.2, 0) is 16.1 Å². The lowest BCUT2D eigenvalue weighted by Gasteiger charge is -2.12. The molecule has 2 aromatic carbocycles. The van der Waals surface area contributed by atoms with Crippen molar-refractivity contribution in [2.45, 2.75) is 25.5 Å². The summed E-state index contributed by atoms with van der Waals surface area (Å²) in [5.74, 6) is -0.113. The van der Waals surface area contributed by atoms with Gasteiger partial charge in [0.1, 0.15) is 6.10 Å². The molecule has 0 bridgehead atoms. The zero-order chi connectivity index (χ0) is 17.6. The molecule has 0 saturated carbocycles. The molecule has 2 aromatic rings. The molecule has 1 amide bonds. The van der Waals surface area contributed by atoms with E-state index in [9.17, 15) is 14.9 Å². The van der Waals surface area contributed by atoms with E-state index < -0.39 is 4.92 Å². The number of hydrogen-bond donors (Lipinski definition) is 2. The Morgan fingerprint density at radius 3 is 2.68 bits per heavy atom. The number of ether oxygens (including phenoxy) is 1. The fourth-order valence-corrected chi connectivity index (χ4v) is 2.67. The van der Waals surface area contributed by atoms with Crippen LogP contribution in [0.2, 0.25) is 0 Å². The van der Waals surface area contributed by atoms with Crippen molar-refractivity contribution in [1.82, 2.24) is 0 Å². The highest BCUT2D eigenvalue weighted by Gasteiger charge is 2.23. The van der Waals surface area contributed by atoms with Crippen molar-refractivity contribution in [2.75, 3.05) is 17.2 Å². The molecule has 1 atom stereocenters. The summed E-state index contributed by atoms with van der Waals surface area (Å²) in [6.45, 7) is 1.18. The minimum atomic E-state index is -0.427. The van der Waals surface area contributed by atoms with E-state index >= 15 is 0 Å². The summed E-state index contributed by atoms with van der Waals surface area (Å²) in [6, 6.07) is 13.8. The van der Waals surface area contributed by atoms with Crippen molar-refractivity contribution < 1.29 is 14.5 Å². The molecule has 1 fully saturated rings. The molecule has 130 valence electrons. The van der Waals surface area contributed by atoms with Gasteiger partial charge in [-0.2, -0.15) is 0 Å². The molecule has 7 heteroatoms. The Morgan fingerprint density at radius 1 is 1.20 bits per heavy atom. The Hall–Kier alpha value is -2.93. The molecule has 0 radical (unpaired) electrons. The van der Waals surface area contributed by atoms with Gasteiger partial charge in [0.2, 0.25) is 0 Å². The van der Waals surface area contributed by atoms with E-state index in [0.29, 0.717) is 13.2 Å². The summed E-state index contributed by atoms with van der Waals surface area (Å²) in [6.07, 6.45) is 1.31. The van der Waals surface area contributed by atoms with Crippen molar-refractivity contribution in [3.05, 3.63) is 64.2 Å². The number of nitrogens with one attached hydrogen (secondary N) is 2. The molecule has 1 aliphatic heterocycles. The van der Waals surface area contributed by atoms with Crippen molar-refractivity contribution in [3.8, 4) is 0 Å².